The number of carbonyl (C=O) groups excluding carboxylic acids is 1. The first-order valence-corrected chi connectivity index (χ1v) is 7.34. The molecule has 1 rings (SSSR count). The Labute approximate surface area is 104 Å². The van der Waals surface area contributed by atoms with Crippen molar-refractivity contribution < 1.29 is 13.2 Å². The minimum Gasteiger partial charge on any atom is -0.293 e. The van der Waals surface area contributed by atoms with Crippen LogP contribution in [-0.4, -0.2) is 24.8 Å². The molecule has 0 N–H and O–H groups in total. The van der Waals surface area contributed by atoms with Crippen LogP contribution in [0.15, 0.2) is 29.2 Å². The number of halogens is 1. The van der Waals surface area contributed by atoms with E-state index in [9.17, 15) is 13.2 Å². The Morgan fingerprint density at radius 1 is 1.19 bits per heavy atom. The summed E-state index contributed by atoms with van der Waals surface area (Å²) in [5.74, 6) is -0.0763. The SMILES string of the molecule is CC(C)(Br)C(=O)c1ccc(S(C)(=O)=O)cc1. The van der Waals surface area contributed by atoms with E-state index in [1.165, 1.54) is 24.3 Å². The highest BCUT2D eigenvalue weighted by molar-refractivity contribution is 9.10. The normalized spacial score (nSPS) is 12.5. The van der Waals surface area contributed by atoms with Gasteiger partial charge in [0.2, 0.25) is 0 Å². The molecule has 0 radical (unpaired) electrons. The van der Waals surface area contributed by atoms with E-state index < -0.39 is 14.2 Å². The lowest BCUT2D eigenvalue weighted by Gasteiger charge is -2.14. The average molecular weight is 305 g/mol. The fourth-order valence-electron chi connectivity index (χ4n) is 1.20. The maximum atomic E-state index is 11.8. The molecule has 0 fully saturated rings. The third kappa shape index (κ3) is 3.15. The Kier molecular flexibility index (Phi) is 3.59. The van der Waals surface area contributed by atoms with Gasteiger partial charge in [-0.15, -0.1) is 0 Å². The quantitative estimate of drug-likeness (QED) is 0.636. The van der Waals surface area contributed by atoms with Crippen LogP contribution in [-0.2, 0) is 9.84 Å². The number of alkyl halides is 1. The molecule has 1 aromatic rings. The highest BCUT2D eigenvalue weighted by atomic mass is 79.9. The highest BCUT2D eigenvalue weighted by Gasteiger charge is 2.25. The molecule has 0 aliphatic heterocycles. The summed E-state index contributed by atoms with van der Waals surface area (Å²) in [4.78, 5) is 12.0. The number of carbonyl (C=O) groups is 1. The van der Waals surface area contributed by atoms with E-state index in [1.807, 2.05) is 0 Å². The molecule has 0 atom stereocenters. The summed E-state index contributed by atoms with van der Waals surface area (Å²) in [6, 6.07) is 5.95. The summed E-state index contributed by atoms with van der Waals surface area (Å²) in [5.41, 5.74) is 0.495. The minimum absolute atomic E-state index is 0.0763. The zero-order valence-corrected chi connectivity index (χ0v) is 11.7. The maximum absolute atomic E-state index is 11.8. The number of ketones is 1. The molecule has 0 aromatic heterocycles. The Bertz CT molecular complexity index is 495. The summed E-state index contributed by atoms with van der Waals surface area (Å²) in [6.07, 6.45) is 1.14. The van der Waals surface area contributed by atoms with E-state index in [2.05, 4.69) is 15.9 Å². The van der Waals surface area contributed by atoms with Gasteiger partial charge in [-0.1, -0.05) is 28.1 Å². The van der Waals surface area contributed by atoms with Crippen molar-refractivity contribution in [2.45, 2.75) is 23.1 Å². The molecule has 5 heteroatoms. The third-order valence-electron chi connectivity index (χ3n) is 2.08. The fourth-order valence-corrected chi connectivity index (χ4v) is 2.06. The third-order valence-corrected chi connectivity index (χ3v) is 3.57. The fraction of sp³-hybridized carbons (Fsp3) is 0.364. The van der Waals surface area contributed by atoms with Crippen LogP contribution in [0.25, 0.3) is 0 Å². The summed E-state index contributed by atoms with van der Waals surface area (Å²) in [7, 11) is -3.20. The van der Waals surface area contributed by atoms with E-state index in [0.29, 0.717) is 5.56 Å². The maximum Gasteiger partial charge on any atom is 0.178 e. The molecule has 0 bridgehead atoms. The van der Waals surface area contributed by atoms with Crippen LogP contribution >= 0.6 is 15.9 Å². The number of sulfone groups is 1. The number of hydrogen-bond donors (Lipinski definition) is 0. The predicted molar refractivity (Wildman–Crippen MR) is 66.9 cm³/mol. The van der Waals surface area contributed by atoms with Gasteiger partial charge in [0.05, 0.1) is 9.22 Å². The van der Waals surface area contributed by atoms with E-state index >= 15 is 0 Å². The second-order valence-electron chi connectivity index (χ2n) is 4.10. The zero-order valence-electron chi connectivity index (χ0n) is 9.32. The van der Waals surface area contributed by atoms with Gasteiger partial charge < -0.3 is 0 Å². The van der Waals surface area contributed by atoms with Gasteiger partial charge in [0.25, 0.3) is 0 Å². The van der Waals surface area contributed by atoms with Crippen molar-refractivity contribution in [1.29, 1.82) is 0 Å². The average Bonchev–Trinajstić information content (AvgIpc) is 2.14. The first kappa shape index (κ1) is 13.4. The van der Waals surface area contributed by atoms with Gasteiger partial charge in [-0.3, -0.25) is 4.79 Å². The van der Waals surface area contributed by atoms with Gasteiger partial charge in [-0.2, -0.15) is 0 Å². The molecule has 16 heavy (non-hydrogen) atoms. The topological polar surface area (TPSA) is 51.2 Å². The first-order valence-electron chi connectivity index (χ1n) is 4.66. The standard InChI is InChI=1S/C11H13BrO3S/c1-11(2,12)10(13)8-4-6-9(7-5-8)16(3,14)15/h4-7H,1-3H3. The number of benzene rings is 1. The van der Waals surface area contributed by atoms with Crippen molar-refractivity contribution in [1.82, 2.24) is 0 Å². The summed E-state index contributed by atoms with van der Waals surface area (Å²) < 4.78 is 21.8. The van der Waals surface area contributed by atoms with Crippen molar-refractivity contribution >= 4 is 31.6 Å². The minimum atomic E-state index is -3.20. The number of Topliss-reactive ketones (excluding diaryl/α,β-unsaturated/α-hetero) is 1. The number of rotatable bonds is 3. The Morgan fingerprint density at radius 2 is 1.62 bits per heavy atom. The lowest BCUT2D eigenvalue weighted by molar-refractivity contribution is 0.0961. The van der Waals surface area contributed by atoms with Crippen LogP contribution in [0.1, 0.15) is 24.2 Å². The first-order chi connectivity index (χ1) is 7.12. The second kappa shape index (κ2) is 4.30. The molecule has 1 aromatic carbocycles. The molecule has 0 aliphatic rings. The molecule has 88 valence electrons. The van der Waals surface area contributed by atoms with Crippen LogP contribution in [0.4, 0.5) is 0 Å². The Balaban J connectivity index is 3.10. The van der Waals surface area contributed by atoms with Crippen molar-refractivity contribution in [2.75, 3.05) is 6.26 Å². The van der Waals surface area contributed by atoms with Crippen molar-refractivity contribution in [3.63, 3.8) is 0 Å². The molecular formula is C11H13BrO3S. The van der Waals surface area contributed by atoms with Crippen LogP contribution < -0.4 is 0 Å². The van der Waals surface area contributed by atoms with Gasteiger partial charge in [-0.25, -0.2) is 8.42 Å². The van der Waals surface area contributed by atoms with Gasteiger partial charge >= 0.3 is 0 Å². The van der Waals surface area contributed by atoms with E-state index in [1.54, 1.807) is 13.8 Å². The molecule has 0 unspecified atom stereocenters. The van der Waals surface area contributed by atoms with Gasteiger partial charge in [0.1, 0.15) is 0 Å². The summed E-state index contributed by atoms with van der Waals surface area (Å²) in [6.45, 7) is 3.50. The molecule has 0 saturated carbocycles. The molecule has 0 aliphatic carbocycles. The molecule has 0 amide bonds. The van der Waals surface area contributed by atoms with Crippen LogP contribution in [0.2, 0.25) is 0 Å². The van der Waals surface area contributed by atoms with Gasteiger partial charge in [0, 0.05) is 11.8 Å². The lowest BCUT2D eigenvalue weighted by atomic mass is 10.0. The Morgan fingerprint density at radius 3 is 1.94 bits per heavy atom. The van der Waals surface area contributed by atoms with Crippen molar-refractivity contribution in [3.8, 4) is 0 Å². The van der Waals surface area contributed by atoms with Crippen LogP contribution in [0.3, 0.4) is 0 Å². The van der Waals surface area contributed by atoms with E-state index in [0.717, 1.165) is 6.26 Å². The van der Waals surface area contributed by atoms with E-state index in [-0.39, 0.29) is 10.7 Å². The van der Waals surface area contributed by atoms with Crippen LogP contribution in [0.5, 0.6) is 0 Å². The van der Waals surface area contributed by atoms with E-state index in [4.69, 9.17) is 0 Å². The Hall–Kier alpha value is -0.680. The molecule has 0 saturated heterocycles. The monoisotopic (exact) mass is 304 g/mol. The summed E-state index contributed by atoms with van der Waals surface area (Å²) in [5, 5.41) is 0. The van der Waals surface area contributed by atoms with Gasteiger partial charge in [0.15, 0.2) is 15.6 Å². The van der Waals surface area contributed by atoms with Crippen LogP contribution in [0, 0.1) is 0 Å². The molecule has 3 nitrogen and oxygen atoms in total. The second-order valence-corrected chi connectivity index (χ2v) is 8.10. The molecule has 0 spiro atoms. The molecule has 0 heterocycles. The lowest BCUT2D eigenvalue weighted by Crippen LogP contribution is -2.23. The summed E-state index contributed by atoms with van der Waals surface area (Å²) >= 11 is 3.27. The van der Waals surface area contributed by atoms with Crippen molar-refractivity contribution in [2.24, 2.45) is 0 Å². The predicted octanol–water partition coefficient (Wildman–Crippen LogP) is 2.45. The highest BCUT2D eigenvalue weighted by Crippen LogP contribution is 2.22. The molecular weight excluding hydrogens is 292 g/mol. The number of hydrogen-bond acceptors (Lipinski definition) is 3. The zero-order chi connectivity index (χ0) is 12.6. The largest absolute Gasteiger partial charge is 0.293 e. The van der Waals surface area contributed by atoms with Crippen molar-refractivity contribution in [3.05, 3.63) is 29.8 Å². The smallest absolute Gasteiger partial charge is 0.178 e. The van der Waals surface area contributed by atoms with Gasteiger partial charge in [-0.05, 0) is 26.0 Å².